The zero-order chi connectivity index (χ0) is 25.1. The number of para-hydroxylation sites is 1. The predicted octanol–water partition coefficient (Wildman–Crippen LogP) is 4.69. The van der Waals surface area contributed by atoms with Crippen molar-refractivity contribution in [2.24, 2.45) is 5.73 Å². The molecule has 0 saturated carbocycles. The van der Waals surface area contributed by atoms with Crippen LogP contribution >= 0.6 is 0 Å². The first-order valence-electron chi connectivity index (χ1n) is 11.9. The van der Waals surface area contributed by atoms with Crippen molar-refractivity contribution in [1.29, 1.82) is 0 Å². The number of primary amides is 1. The van der Waals surface area contributed by atoms with Crippen LogP contribution in [0.3, 0.4) is 0 Å². The highest BCUT2D eigenvalue weighted by atomic mass is 28.4. The van der Waals surface area contributed by atoms with Crippen molar-refractivity contribution in [2.45, 2.75) is 45.3 Å². The van der Waals surface area contributed by atoms with Crippen LogP contribution in [0.1, 0.15) is 44.5 Å². The normalized spacial score (nSPS) is 13.0. The van der Waals surface area contributed by atoms with Crippen LogP contribution in [0.25, 0.3) is 11.1 Å². The second-order valence-corrected chi connectivity index (χ2v) is 14.1. The molecule has 182 valence electrons. The molecule has 1 unspecified atom stereocenters. The third kappa shape index (κ3) is 5.01. The lowest BCUT2D eigenvalue weighted by Gasteiger charge is -2.44. The minimum Gasteiger partial charge on any atom is -0.424 e. The number of benzene rings is 3. The lowest BCUT2D eigenvalue weighted by Crippen LogP contribution is -2.67. The monoisotopic (exact) mass is 487 g/mol. The first kappa shape index (κ1) is 24.7. The van der Waals surface area contributed by atoms with Gasteiger partial charge in [0.1, 0.15) is 5.52 Å². The van der Waals surface area contributed by atoms with Gasteiger partial charge >= 0.3 is 0 Å². The number of amides is 1. The lowest BCUT2D eigenvalue weighted by molar-refractivity contribution is 0.100. The van der Waals surface area contributed by atoms with Gasteiger partial charge in [-0.1, -0.05) is 87.5 Å². The Kier molecular flexibility index (Phi) is 7.09. The van der Waals surface area contributed by atoms with Gasteiger partial charge in [0, 0.05) is 12.6 Å². The van der Waals surface area contributed by atoms with Crippen LogP contribution in [0.5, 0.6) is 0 Å². The number of fused-ring (bicyclic) bond motifs is 1. The fraction of sp³-hybridized carbons (Fsp3) is 0.286. The number of anilines is 1. The van der Waals surface area contributed by atoms with E-state index < -0.39 is 14.2 Å². The molecule has 3 aromatic carbocycles. The van der Waals surface area contributed by atoms with Crippen molar-refractivity contribution in [3.05, 3.63) is 84.4 Å². The topological polar surface area (TPSA) is 90.4 Å². The number of aromatic nitrogens is 1. The Morgan fingerprint density at radius 2 is 1.60 bits per heavy atom. The third-order valence-corrected chi connectivity index (χ3v) is 11.5. The van der Waals surface area contributed by atoms with E-state index in [1.807, 2.05) is 12.1 Å². The maximum absolute atomic E-state index is 11.7. The zero-order valence-electron chi connectivity index (χ0n) is 20.7. The Balaban J connectivity index is 1.54. The SMILES string of the molecule is CC(CCNc1nc2c(C(N)=O)cccc2o1)O[Si](c1ccccc1)(c1ccccc1)C(C)(C)C. The summed E-state index contributed by atoms with van der Waals surface area (Å²) >= 11 is 0. The molecule has 0 radical (unpaired) electrons. The summed E-state index contributed by atoms with van der Waals surface area (Å²) in [6.45, 7) is 9.56. The number of oxazole rings is 1. The van der Waals surface area contributed by atoms with E-state index >= 15 is 0 Å². The largest absolute Gasteiger partial charge is 0.424 e. The molecular weight excluding hydrogens is 454 g/mol. The molecule has 0 saturated heterocycles. The number of rotatable bonds is 9. The number of carbonyl (C=O) groups excluding carboxylic acids is 1. The number of nitrogens with zero attached hydrogens (tertiary/aromatic N) is 1. The highest BCUT2D eigenvalue weighted by molar-refractivity contribution is 6.99. The number of nitrogens with one attached hydrogen (secondary N) is 1. The van der Waals surface area contributed by atoms with Crippen molar-refractivity contribution in [3.8, 4) is 0 Å². The average Bonchev–Trinajstić information content (AvgIpc) is 3.25. The van der Waals surface area contributed by atoms with E-state index in [2.05, 4.69) is 86.5 Å². The Morgan fingerprint density at radius 1 is 1.00 bits per heavy atom. The molecule has 0 aliphatic rings. The Bertz CT molecular complexity index is 1240. The molecule has 0 spiro atoms. The van der Waals surface area contributed by atoms with Gasteiger partial charge in [0.15, 0.2) is 5.58 Å². The molecule has 4 rings (SSSR count). The molecule has 4 aromatic rings. The third-order valence-electron chi connectivity index (χ3n) is 6.31. The van der Waals surface area contributed by atoms with Crippen LogP contribution < -0.4 is 21.4 Å². The van der Waals surface area contributed by atoms with Crippen molar-refractivity contribution in [1.82, 2.24) is 4.98 Å². The van der Waals surface area contributed by atoms with E-state index in [-0.39, 0.29) is 11.1 Å². The minimum absolute atomic E-state index is 0.0145. The summed E-state index contributed by atoms with van der Waals surface area (Å²) in [5.74, 6) is -0.525. The fourth-order valence-electron chi connectivity index (χ4n) is 4.66. The van der Waals surface area contributed by atoms with Crippen LogP contribution in [-0.4, -0.2) is 31.9 Å². The smallest absolute Gasteiger partial charge is 0.295 e. The molecule has 1 atom stereocenters. The van der Waals surface area contributed by atoms with E-state index in [0.29, 0.717) is 29.2 Å². The molecule has 1 amide bonds. The van der Waals surface area contributed by atoms with Gasteiger partial charge in [-0.3, -0.25) is 4.79 Å². The second-order valence-electron chi connectivity index (χ2n) is 9.84. The summed E-state index contributed by atoms with van der Waals surface area (Å²) in [7, 11) is -2.61. The maximum Gasteiger partial charge on any atom is 0.295 e. The van der Waals surface area contributed by atoms with E-state index in [9.17, 15) is 4.79 Å². The number of hydrogen-bond acceptors (Lipinski definition) is 5. The summed E-state index contributed by atoms with van der Waals surface area (Å²) in [6.07, 6.45) is 0.741. The Labute approximate surface area is 207 Å². The molecule has 6 nitrogen and oxygen atoms in total. The second kappa shape index (κ2) is 10.1. The van der Waals surface area contributed by atoms with Gasteiger partial charge < -0.3 is 19.9 Å². The van der Waals surface area contributed by atoms with Gasteiger partial charge in [0.2, 0.25) is 0 Å². The summed E-state index contributed by atoms with van der Waals surface area (Å²) in [5, 5.41) is 5.68. The van der Waals surface area contributed by atoms with Crippen LogP contribution in [0.15, 0.2) is 83.3 Å². The first-order chi connectivity index (χ1) is 16.7. The predicted molar refractivity (Wildman–Crippen MR) is 144 cm³/mol. The molecule has 1 aromatic heterocycles. The van der Waals surface area contributed by atoms with Gasteiger partial charge in [-0.15, -0.1) is 0 Å². The van der Waals surface area contributed by atoms with Gasteiger partial charge in [-0.2, -0.15) is 4.98 Å². The van der Waals surface area contributed by atoms with Crippen molar-refractivity contribution in [2.75, 3.05) is 11.9 Å². The number of hydrogen-bond donors (Lipinski definition) is 2. The van der Waals surface area contributed by atoms with Gasteiger partial charge in [-0.25, -0.2) is 0 Å². The molecule has 0 aliphatic heterocycles. The van der Waals surface area contributed by atoms with E-state index in [1.165, 1.54) is 10.4 Å². The van der Waals surface area contributed by atoms with E-state index in [1.54, 1.807) is 18.2 Å². The summed E-state index contributed by atoms with van der Waals surface area (Å²) in [5.41, 5.74) is 6.81. The van der Waals surface area contributed by atoms with Crippen LogP contribution in [0, 0.1) is 0 Å². The van der Waals surface area contributed by atoms with Gasteiger partial charge in [-0.05, 0) is 40.9 Å². The Morgan fingerprint density at radius 3 is 2.14 bits per heavy atom. The summed E-state index contributed by atoms with van der Waals surface area (Å²) in [6, 6.07) is 26.8. The van der Waals surface area contributed by atoms with Crippen molar-refractivity contribution >= 4 is 41.7 Å². The lowest BCUT2D eigenvalue weighted by atomic mass is 10.2. The molecule has 0 fully saturated rings. The number of carbonyl (C=O) groups is 1. The standard InChI is InChI=1S/C28H33N3O3Si/c1-20(18-19-30-27-31-25-23(26(29)32)16-11-17-24(25)33-27)34-35(28(2,3)4,21-12-7-5-8-13-21)22-14-9-6-10-15-22/h5-17,20H,18-19H2,1-4H3,(H2,29,32)(H,30,31). The molecule has 35 heavy (non-hydrogen) atoms. The van der Waals surface area contributed by atoms with E-state index in [4.69, 9.17) is 14.6 Å². The molecule has 7 heteroatoms. The number of nitrogens with two attached hydrogens (primary N) is 1. The van der Waals surface area contributed by atoms with Gasteiger partial charge in [0.05, 0.1) is 5.56 Å². The molecular formula is C28H33N3O3Si. The van der Waals surface area contributed by atoms with Crippen LogP contribution in [0.4, 0.5) is 6.01 Å². The molecule has 0 bridgehead atoms. The maximum atomic E-state index is 11.7. The van der Waals surface area contributed by atoms with Crippen LogP contribution in [-0.2, 0) is 4.43 Å². The van der Waals surface area contributed by atoms with E-state index in [0.717, 1.165) is 6.42 Å². The molecule has 3 N–H and O–H groups in total. The minimum atomic E-state index is -2.61. The first-order valence-corrected chi connectivity index (χ1v) is 13.9. The molecule has 0 aliphatic carbocycles. The highest BCUT2D eigenvalue weighted by Crippen LogP contribution is 2.37. The van der Waals surface area contributed by atoms with Crippen molar-refractivity contribution < 1.29 is 13.6 Å². The average molecular weight is 488 g/mol. The fourth-order valence-corrected chi connectivity index (χ4v) is 9.39. The quantitative estimate of drug-likeness (QED) is 0.334. The van der Waals surface area contributed by atoms with Crippen molar-refractivity contribution in [3.63, 3.8) is 0 Å². The Hall–Kier alpha value is -3.42. The summed E-state index contributed by atoms with van der Waals surface area (Å²) < 4.78 is 12.9. The van der Waals surface area contributed by atoms with Gasteiger partial charge in [0.25, 0.3) is 20.2 Å². The van der Waals surface area contributed by atoms with Crippen LogP contribution in [0.2, 0.25) is 5.04 Å². The highest BCUT2D eigenvalue weighted by Gasteiger charge is 2.50. The molecule has 1 heterocycles. The zero-order valence-corrected chi connectivity index (χ0v) is 21.7. The summed E-state index contributed by atoms with van der Waals surface area (Å²) in [4.78, 5) is 16.1.